The van der Waals surface area contributed by atoms with E-state index in [-0.39, 0.29) is 25.0 Å². The van der Waals surface area contributed by atoms with Crippen LogP contribution < -0.4 is 0 Å². The number of esters is 1. The van der Waals surface area contributed by atoms with E-state index < -0.39 is 23.3 Å². The molecule has 0 N–H and O–H groups in total. The number of Topliss-reactive ketones (excluding diaryl/α,β-unsaturated/α-hetero) is 1. The molecule has 0 spiro atoms. The molecular formula is C14H18N2O5. The molecule has 0 unspecified atom stereocenters. The lowest BCUT2D eigenvalue weighted by molar-refractivity contribution is -0.162. The lowest BCUT2D eigenvalue weighted by Gasteiger charge is -2.22. The highest BCUT2D eigenvalue weighted by Gasteiger charge is 2.43. The third-order valence-corrected chi connectivity index (χ3v) is 3.11. The molecule has 7 nitrogen and oxygen atoms in total. The number of carbonyl (C=O) groups is 2. The zero-order chi connectivity index (χ0) is 16.0. The van der Waals surface area contributed by atoms with Crippen LogP contribution >= 0.6 is 0 Å². The molecule has 0 aromatic heterocycles. The second-order valence-corrected chi connectivity index (χ2v) is 4.63. The first-order valence-electron chi connectivity index (χ1n) is 6.35. The molecule has 0 aliphatic carbocycles. The van der Waals surface area contributed by atoms with E-state index in [2.05, 4.69) is 22.7 Å². The van der Waals surface area contributed by atoms with Crippen LogP contribution in [0, 0.1) is 0 Å². The van der Waals surface area contributed by atoms with Gasteiger partial charge in [0.1, 0.15) is 12.2 Å². The van der Waals surface area contributed by atoms with Gasteiger partial charge < -0.3 is 19.7 Å². The molecule has 1 aliphatic rings. The number of hydrogen-bond donors (Lipinski definition) is 0. The number of carbonyl (C=O) groups excluding carboxylic acids is 2. The van der Waals surface area contributed by atoms with Gasteiger partial charge in [-0.2, -0.15) is 4.79 Å². The minimum Gasteiger partial charge on any atom is -0.460 e. The van der Waals surface area contributed by atoms with E-state index in [9.17, 15) is 9.59 Å². The van der Waals surface area contributed by atoms with Gasteiger partial charge in [-0.3, -0.25) is 4.79 Å². The van der Waals surface area contributed by atoms with E-state index in [0.717, 1.165) is 7.11 Å². The van der Waals surface area contributed by atoms with Crippen molar-refractivity contribution in [2.24, 2.45) is 0 Å². The Bertz CT molecular complexity index is 491. The monoisotopic (exact) mass is 294 g/mol. The molecule has 0 bridgehead atoms. The average Bonchev–Trinajstić information content (AvgIpc) is 2.82. The summed E-state index contributed by atoms with van der Waals surface area (Å²) in [6.07, 6.45) is 2.56. The van der Waals surface area contributed by atoms with Crippen LogP contribution in [-0.2, 0) is 23.8 Å². The molecule has 21 heavy (non-hydrogen) atoms. The largest absolute Gasteiger partial charge is 0.460 e. The van der Waals surface area contributed by atoms with Crippen molar-refractivity contribution >= 4 is 17.5 Å². The summed E-state index contributed by atoms with van der Waals surface area (Å²) in [7, 11) is 1.09. The van der Waals surface area contributed by atoms with Gasteiger partial charge in [-0.15, -0.1) is 13.2 Å². The maximum Gasteiger partial charge on any atom is 0.441 e. The molecule has 0 aromatic carbocycles. The molecule has 7 heteroatoms. The van der Waals surface area contributed by atoms with E-state index in [1.54, 1.807) is 19.1 Å². The maximum absolute atomic E-state index is 11.8. The first-order valence-corrected chi connectivity index (χ1v) is 6.35. The van der Waals surface area contributed by atoms with Gasteiger partial charge in [0.15, 0.2) is 5.79 Å². The van der Waals surface area contributed by atoms with Crippen molar-refractivity contribution in [3.8, 4) is 0 Å². The van der Waals surface area contributed by atoms with Gasteiger partial charge in [0.25, 0.3) is 5.78 Å². The van der Waals surface area contributed by atoms with Crippen molar-refractivity contribution in [3.05, 3.63) is 30.8 Å². The number of nitrogens with zero attached hydrogens (tertiary/aromatic N) is 2. The average molecular weight is 294 g/mol. The molecule has 0 saturated carbocycles. The summed E-state index contributed by atoms with van der Waals surface area (Å²) in [6.45, 7) is 8.96. The fourth-order valence-corrected chi connectivity index (χ4v) is 1.99. The third-order valence-electron chi connectivity index (χ3n) is 3.11. The zero-order valence-corrected chi connectivity index (χ0v) is 12.1. The molecule has 1 saturated heterocycles. The highest BCUT2D eigenvalue weighted by molar-refractivity contribution is 6.62. The topological polar surface area (TPSA) is 98.2 Å². The van der Waals surface area contributed by atoms with Gasteiger partial charge in [0.05, 0.1) is 7.11 Å². The number of hydrogen-bond acceptors (Lipinski definition) is 5. The highest BCUT2D eigenvalue weighted by atomic mass is 16.8. The number of rotatable bonds is 7. The van der Waals surface area contributed by atoms with Crippen LogP contribution in [0.1, 0.15) is 19.8 Å². The van der Waals surface area contributed by atoms with Crippen molar-refractivity contribution in [1.29, 1.82) is 0 Å². The minimum atomic E-state index is -1.01. The molecule has 1 aliphatic heterocycles. The normalized spacial score (nSPS) is 23.0. The molecule has 1 fully saturated rings. The SMILES string of the molecule is C=C[C@H]1OC(C)(CCC(=O)C(=[N+]=[N-])C(=O)OC)O[C@@H]1C=C. The second kappa shape index (κ2) is 7.08. The molecule has 1 rings (SSSR count). The predicted molar refractivity (Wildman–Crippen MR) is 73.4 cm³/mol. The Hall–Kier alpha value is -2.08. The Morgan fingerprint density at radius 2 is 1.86 bits per heavy atom. The van der Waals surface area contributed by atoms with E-state index in [4.69, 9.17) is 15.0 Å². The third kappa shape index (κ3) is 3.95. The standard InChI is InChI=1S/C14H18N2O5/c1-5-10-11(6-2)21-14(3,20-10)8-7-9(17)12(16-15)13(18)19-4/h5-6,10-11H,1-2,7-8H2,3-4H3/t10-,11-/m1/s1. The Morgan fingerprint density at radius 1 is 1.33 bits per heavy atom. The Morgan fingerprint density at radius 3 is 2.24 bits per heavy atom. The van der Waals surface area contributed by atoms with Crippen LogP contribution in [0.4, 0.5) is 0 Å². The summed E-state index contributed by atoms with van der Waals surface area (Å²) in [5.74, 6) is -2.66. The van der Waals surface area contributed by atoms with Crippen LogP contribution in [0.3, 0.4) is 0 Å². The molecule has 0 aromatic rings. The molecule has 2 atom stereocenters. The van der Waals surface area contributed by atoms with Crippen molar-refractivity contribution in [3.63, 3.8) is 0 Å². The van der Waals surface area contributed by atoms with E-state index in [0.29, 0.717) is 0 Å². The summed E-state index contributed by atoms with van der Waals surface area (Å²) in [5.41, 5.74) is 8.04. The summed E-state index contributed by atoms with van der Waals surface area (Å²) >= 11 is 0. The summed E-state index contributed by atoms with van der Waals surface area (Å²) in [5, 5.41) is 0. The van der Waals surface area contributed by atoms with E-state index >= 15 is 0 Å². The molecule has 0 amide bonds. The van der Waals surface area contributed by atoms with Crippen molar-refractivity contribution in [2.75, 3.05) is 7.11 Å². The van der Waals surface area contributed by atoms with Crippen LogP contribution in [0.15, 0.2) is 25.3 Å². The first-order chi connectivity index (χ1) is 9.90. The zero-order valence-electron chi connectivity index (χ0n) is 12.1. The first kappa shape index (κ1) is 17.0. The van der Waals surface area contributed by atoms with Crippen LogP contribution in [0.25, 0.3) is 5.53 Å². The van der Waals surface area contributed by atoms with E-state index in [1.807, 2.05) is 0 Å². The number of ether oxygens (including phenoxy) is 3. The van der Waals surface area contributed by atoms with Gasteiger partial charge in [-0.25, -0.2) is 4.79 Å². The quantitative estimate of drug-likeness (QED) is 0.174. The fourth-order valence-electron chi connectivity index (χ4n) is 1.99. The van der Waals surface area contributed by atoms with Gasteiger partial charge in [-0.05, 0) is 6.92 Å². The summed E-state index contributed by atoms with van der Waals surface area (Å²) in [6, 6.07) is 0. The Kier molecular flexibility index (Phi) is 5.72. The van der Waals surface area contributed by atoms with E-state index in [1.165, 1.54) is 0 Å². The van der Waals surface area contributed by atoms with Crippen LogP contribution in [-0.4, -0.2) is 47.4 Å². The van der Waals surface area contributed by atoms with Crippen molar-refractivity contribution < 1.29 is 28.6 Å². The number of methoxy groups -OCH3 is 1. The van der Waals surface area contributed by atoms with Crippen molar-refractivity contribution in [2.45, 2.75) is 37.8 Å². The smallest absolute Gasteiger partial charge is 0.441 e. The summed E-state index contributed by atoms with van der Waals surface area (Å²) in [4.78, 5) is 25.7. The van der Waals surface area contributed by atoms with Crippen LogP contribution in [0.5, 0.6) is 0 Å². The predicted octanol–water partition coefficient (Wildman–Crippen LogP) is 1.05. The van der Waals surface area contributed by atoms with Crippen LogP contribution in [0.2, 0.25) is 0 Å². The second-order valence-electron chi connectivity index (χ2n) is 4.63. The molecular weight excluding hydrogens is 276 g/mol. The minimum absolute atomic E-state index is 0.0985. The van der Waals surface area contributed by atoms with Gasteiger partial charge >= 0.3 is 11.7 Å². The molecule has 114 valence electrons. The summed E-state index contributed by atoms with van der Waals surface area (Å²) < 4.78 is 15.7. The van der Waals surface area contributed by atoms with Gasteiger partial charge in [0.2, 0.25) is 0 Å². The molecule has 1 heterocycles. The number of ketones is 1. The molecule has 0 radical (unpaired) electrons. The Labute approximate surface area is 122 Å². The lowest BCUT2D eigenvalue weighted by Crippen LogP contribution is -2.31. The Balaban J connectivity index is 2.69. The fraction of sp³-hybridized carbons (Fsp3) is 0.500. The van der Waals surface area contributed by atoms with Gasteiger partial charge in [-0.1, -0.05) is 12.2 Å². The lowest BCUT2D eigenvalue weighted by atomic mass is 10.1. The van der Waals surface area contributed by atoms with Crippen molar-refractivity contribution in [1.82, 2.24) is 0 Å². The highest BCUT2D eigenvalue weighted by Crippen LogP contribution is 2.33. The maximum atomic E-state index is 11.8. The van der Waals surface area contributed by atoms with Gasteiger partial charge in [0, 0.05) is 12.8 Å².